The SMILES string of the molecule is C.CC(CC(=O)N1CCC2(OCC3CC3)CCCC1C2)c1c[nH]c2cccc(F)c12. The Kier molecular flexibility index (Phi) is 5.93. The molecule has 4 nitrogen and oxygen atoms in total. The number of nitrogens with zero attached hydrogens (tertiary/aromatic N) is 1. The van der Waals surface area contributed by atoms with Crippen LogP contribution < -0.4 is 0 Å². The third kappa shape index (κ3) is 4.01. The number of carbonyl (C=O) groups is 1. The Morgan fingerprint density at radius 3 is 2.97 bits per heavy atom. The van der Waals surface area contributed by atoms with E-state index in [1.54, 1.807) is 6.07 Å². The van der Waals surface area contributed by atoms with E-state index in [1.165, 1.54) is 18.9 Å². The number of aromatic nitrogens is 1. The lowest BCUT2D eigenvalue weighted by Crippen LogP contribution is -2.56. The van der Waals surface area contributed by atoms with Gasteiger partial charge in [-0.25, -0.2) is 4.39 Å². The number of carbonyl (C=O) groups excluding carboxylic acids is 1. The second-order valence-electron chi connectivity index (χ2n) is 9.54. The number of benzene rings is 1. The molecule has 1 saturated heterocycles. The first-order valence-electron chi connectivity index (χ1n) is 11.2. The molecule has 2 heterocycles. The van der Waals surface area contributed by atoms with Crippen molar-refractivity contribution in [3.63, 3.8) is 0 Å². The summed E-state index contributed by atoms with van der Waals surface area (Å²) < 4.78 is 20.8. The lowest BCUT2D eigenvalue weighted by atomic mass is 9.75. The zero-order valence-corrected chi connectivity index (χ0v) is 17.3. The third-order valence-corrected chi connectivity index (χ3v) is 7.37. The maximum Gasteiger partial charge on any atom is 0.223 e. The van der Waals surface area contributed by atoms with Gasteiger partial charge in [-0.15, -0.1) is 0 Å². The quantitative estimate of drug-likeness (QED) is 0.651. The molecular formula is C25H35FN2O2. The van der Waals surface area contributed by atoms with E-state index in [9.17, 15) is 9.18 Å². The van der Waals surface area contributed by atoms with E-state index in [0.717, 1.165) is 62.3 Å². The van der Waals surface area contributed by atoms with Gasteiger partial charge in [0.1, 0.15) is 5.82 Å². The van der Waals surface area contributed by atoms with Crippen molar-refractivity contribution in [3.05, 3.63) is 35.8 Å². The smallest absolute Gasteiger partial charge is 0.223 e. The van der Waals surface area contributed by atoms with Gasteiger partial charge in [0.2, 0.25) is 5.91 Å². The highest BCUT2D eigenvalue weighted by atomic mass is 19.1. The highest BCUT2D eigenvalue weighted by molar-refractivity contribution is 5.85. The number of likely N-dealkylation sites (tertiary alicyclic amines) is 1. The topological polar surface area (TPSA) is 45.3 Å². The van der Waals surface area contributed by atoms with E-state index in [-0.39, 0.29) is 30.7 Å². The molecule has 3 unspecified atom stereocenters. The van der Waals surface area contributed by atoms with E-state index < -0.39 is 0 Å². The van der Waals surface area contributed by atoms with E-state index in [1.807, 2.05) is 19.2 Å². The molecule has 2 saturated carbocycles. The van der Waals surface area contributed by atoms with Crippen molar-refractivity contribution in [1.29, 1.82) is 0 Å². The number of amides is 1. The Morgan fingerprint density at radius 1 is 1.33 bits per heavy atom. The van der Waals surface area contributed by atoms with Gasteiger partial charge in [-0.05, 0) is 74.5 Å². The number of hydrogen-bond donors (Lipinski definition) is 1. The van der Waals surface area contributed by atoms with Crippen LogP contribution >= 0.6 is 0 Å². The number of aromatic amines is 1. The molecule has 2 bridgehead atoms. The molecule has 0 radical (unpaired) electrons. The van der Waals surface area contributed by atoms with Crippen molar-refractivity contribution in [1.82, 2.24) is 9.88 Å². The van der Waals surface area contributed by atoms with Crippen LogP contribution in [0.3, 0.4) is 0 Å². The van der Waals surface area contributed by atoms with Crippen molar-refractivity contribution in [2.24, 2.45) is 5.92 Å². The first kappa shape index (κ1) is 21.4. The van der Waals surface area contributed by atoms with Crippen molar-refractivity contribution in [2.75, 3.05) is 13.2 Å². The number of nitrogens with one attached hydrogen (secondary N) is 1. The molecule has 2 aromatic rings. The second-order valence-corrected chi connectivity index (χ2v) is 9.54. The summed E-state index contributed by atoms with van der Waals surface area (Å²) in [4.78, 5) is 18.4. The molecule has 30 heavy (non-hydrogen) atoms. The average Bonchev–Trinajstić information content (AvgIpc) is 3.43. The van der Waals surface area contributed by atoms with Gasteiger partial charge in [0.05, 0.1) is 12.2 Å². The Balaban J connectivity index is 0.00000218. The van der Waals surface area contributed by atoms with Crippen molar-refractivity contribution in [3.8, 4) is 0 Å². The zero-order valence-electron chi connectivity index (χ0n) is 17.3. The molecule has 1 aromatic carbocycles. The summed E-state index contributed by atoms with van der Waals surface area (Å²) in [6, 6.07) is 5.38. The highest BCUT2D eigenvalue weighted by Crippen LogP contribution is 2.43. The van der Waals surface area contributed by atoms with Crippen molar-refractivity contribution in [2.45, 2.75) is 83.3 Å². The van der Waals surface area contributed by atoms with Crippen LogP contribution in [0.2, 0.25) is 0 Å². The summed E-state index contributed by atoms with van der Waals surface area (Å²) in [6.07, 6.45) is 10.2. The summed E-state index contributed by atoms with van der Waals surface area (Å²) in [5.41, 5.74) is 1.70. The number of H-pyrrole nitrogens is 1. The number of ether oxygens (including phenoxy) is 1. The minimum atomic E-state index is -0.221. The Morgan fingerprint density at radius 2 is 2.17 bits per heavy atom. The molecule has 1 aromatic heterocycles. The molecule has 5 heteroatoms. The molecule has 2 aliphatic carbocycles. The van der Waals surface area contributed by atoms with Crippen molar-refractivity contribution >= 4 is 16.8 Å². The van der Waals surface area contributed by atoms with Crippen LogP contribution in [0, 0.1) is 11.7 Å². The normalized spacial score (nSPS) is 27.0. The maximum absolute atomic E-state index is 14.3. The highest BCUT2D eigenvalue weighted by Gasteiger charge is 2.45. The largest absolute Gasteiger partial charge is 0.375 e. The number of halogens is 1. The van der Waals surface area contributed by atoms with Gasteiger partial charge in [0.25, 0.3) is 0 Å². The van der Waals surface area contributed by atoms with Crippen LogP contribution in [-0.2, 0) is 9.53 Å². The molecule has 3 fully saturated rings. The van der Waals surface area contributed by atoms with Crippen LogP contribution in [0.1, 0.15) is 77.2 Å². The van der Waals surface area contributed by atoms with Crippen molar-refractivity contribution < 1.29 is 13.9 Å². The molecule has 1 aliphatic heterocycles. The lowest BCUT2D eigenvalue weighted by Gasteiger charge is -2.50. The van der Waals surface area contributed by atoms with Crippen LogP contribution in [-0.4, -0.2) is 40.6 Å². The van der Waals surface area contributed by atoms with Crippen LogP contribution in [0.25, 0.3) is 10.9 Å². The first-order chi connectivity index (χ1) is 14.0. The second kappa shape index (κ2) is 8.33. The molecule has 164 valence electrons. The Hall–Kier alpha value is -1.88. The van der Waals surface area contributed by atoms with Gasteiger partial charge < -0.3 is 14.6 Å². The number of rotatable bonds is 6. The fraction of sp³-hybridized carbons (Fsp3) is 0.640. The van der Waals surface area contributed by atoms with E-state index in [2.05, 4.69) is 9.88 Å². The number of hydrogen-bond acceptors (Lipinski definition) is 2. The fourth-order valence-electron chi connectivity index (χ4n) is 5.45. The zero-order chi connectivity index (χ0) is 20.0. The van der Waals surface area contributed by atoms with E-state index in [0.29, 0.717) is 17.8 Å². The van der Waals surface area contributed by atoms with Crippen LogP contribution in [0.5, 0.6) is 0 Å². The molecule has 1 amide bonds. The standard InChI is InChI=1S/C24H31FN2O2.CH4/c1-16(19-14-26-21-6-2-5-20(25)23(19)21)12-22(28)27-11-10-24(29-15-17-7-8-17)9-3-4-18(27)13-24;/h2,5-6,14,16-18,26H,3-4,7-13,15H2,1H3;1H4. The predicted octanol–water partition coefficient (Wildman–Crippen LogP) is 5.78. The van der Waals surface area contributed by atoms with Gasteiger partial charge in [0, 0.05) is 36.1 Å². The molecule has 1 N–H and O–H groups in total. The first-order valence-corrected chi connectivity index (χ1v) is 11.2. The van der Waals surface area contributed by atoms with Gasteiger partial charge in [-0.1, -0.05) is 20.4 Å². The predicted molar refractivity (Wildman–Crippen MR) is 118 cm³/mol. The molecule has 5 rings (SSSR count). The minimum Gasteiger partial charge on any atom is -0.375 e. The molecular weight excluding hydrogens is 379 g/mol. The number of fused-ring (bicyclic) bond motifs is 3. The summed E-state index contributed by atoms with van der Waals surface area (Å²) >= 11 is 0. The van der Waals surface area contributed by atoms with Gasteiger partial charge in [0.15, 0.2) is 0 Å². The third-order valence-electron chi connectivity index (χ3n) is 7.37. The number of piperidine rings is 1. The minimum absolute atomic E-state index is 0. The van der Waals surface area contributed by atoms with Gasteiger partial charge >= 0.3 is 0 Å². The summed E-state index contributed by atoms with van der Waals surface area (Å²) in [5, 5.41) is 0.622. The van der Waals surface area contributed by atoms with E-state index >= 15 is 0 Å². The van der Waals surface area contributed by atoms with Crippen LogP contribution in [0.15, 0.2) is 24.4 Å². The van der Waals surface area contributed by atoms with E-state index in [4.69, 9.17) is 4.74 Å². The summed E-state index contributed by atoms with van der Waals surface area (Å²) in [6.45, 7) is 3.73. The van der Waals surface area contributed by atoms with Gasteiger partial charge in [-0.2, -0.15) is 0 Å². The maximum atomic E-state index is 14.3. The Bertz CT molecular complexity index is 906. The van der Waals surface area contributed by atoms with Crippen LogP contribution in [0.4, 0.5) is 4.39 Å². The lowest BCUT2D eigenvalue weighted by molar-refractivity contribution is -0.153. The molecule has 0 spiro atoms. The average molecular weight is 415 g/mol. The molecule has 3 aliphatic rings. The van der Waals surface area contributed by atoms with Gasteiger partial charge in [-0.3, -0.25) is 4.79 Å². The fourth-order valence-corrected chi connectivity index (χ4v) is 5.45. The summed E-state index contributed by atoms with van der Waals surface area (Å²) in [7, 11) is 0. The monoisotopic (exact) mass is 414 g/mol. The molecule has 3 atom stereocenters. The Labute approximate surface area is 179 Å². The summed E-state index contributed by atoms with van der Waals surface area (Å²) in [5.74, 6) is 0.739.